The first-order valence-corrected chi connectivity index (χ1v) is 11.6. The van der Waals surface area contributed by atoms with Gasteiger partial charge in [-0.2, -0.15) is 0 Å². The Bertz CT molecular complexity index is 729. The summed E-state index contributed by atoms with van der Waals surface area (Å²) in [5.74, 6) is 3.47. The van der Waals surface area contributed by atoms with E-state index < -0.39 is 0 Å². The molecule has 166 valence electrons. The minimum atomic E-state index is 0. The Morgan fingerprint density at radius 3 is 2.80 bits per heavy atom. The number of nitrogens with one attached hydrogen (secondary N) is 1. The maximum absolute atomic E-state index is 6.16. The zero-order chi connectivity index (χ0) is 19.6. The van der Waals surface area contributed by atoms with Crippen molar-refractivity contribution in [3.05, 3.63) is 35.4 Å². The standard InChI is InChI=1S/C24H35N3O2.HI/c1-25-24(26-15-22-21-14-17-6-2-3-8-20(17)23(21)22)27-11-9-18(10-12-27)29-16-19-7-4-5-13-28-19;/h2-3,6,8,18-19,21-23H,4-5,7,9-16H2,1H3,(H,25,26);1H. The second-order valence-electron chi connectivity index (χ2n) is 9.19. The zero-order valence-corrected chi connectivity index (χ0v) is 20.4. The number of hydrogen-bond acceptors (Lipinski definition) is 3. The fourth-order valence-electron chi connectivity index (χ4n) is 5.72. The molecule has 30 heavy (non-hydrogen) atoms. The first-order valence-electron chi connectivity index (χ1n) is 11.6. The highest BCUT2D eigenvalue weighted by Gasteiger charge is 2.55. The van der Waals surface area contributed by atoms with Crippen molar-refractivity contribution in [2.75, 3.05) is 39.9 Å². The molecule has 0 amide bonds. The lowest BCUT2D eigenvalue weighted by Crippen LogP contribution is -2.47. The normalized spacial score (nSPS) is 31.0. The van der Waals surface area contributed by atoms with Gasteiger partial charge in [0.05, 0.1) is 18.8 Å². The number of fused-ring (bicyclic) bond motifs is 3. The van der Waals surface area contributed by atoms with Crippen molar-refractivity contribution in [2.45, 2.75) is 56.7 Å². The summed E-state index contributed by atoms with van der Waals surface area (Å²) in [4.78, 5) is 6.97. The Kier molecular flexibility index (Phi) is 7.57. The van der Waals surface area contributed by atoms with E-state index in [1.807, 2.05) is 7.05 Å². The first-order chi connectivity index (χ1) is 14.3. The molecule has 2 aliphatic heterocycles. The molecule has 4 aliphatic rings. The van der Waals surface area contributed by atoms with E-state index in [4.69, 9.17) is 9.47 Å². The van der Waals surface area contributed by atoms with Crippen molar-refractivity contribution < 1.29 is 9.47 Å². The average Bonchev–Trinajstić information content (AvgIpc) is 3.31. The van der Waals surface area contributed by atoms with Gasteiger partial charge in [-0.1, -0.05) is 24.3 Å². The number of aliphatic imine (C=N–C) groups is 1. The van der Waals surface area contributed by atoms with Crippen LogP contribution in [-0.4, -0.2) is 63.0 Å². The van der Waals surface area contributed by atoms with Crippen molar-refractivity contribution in [1.29, 1.82) is 0 Å². The van der Waals surface area contributed by atoms with Gasteiger partial charge in [-0.15, -0.1) is 24.0 Å². The number of ether oxygens (including phenoxy) is 2. The highest BCUT2D eigenvalue weighted by atomic mass is 127. The molecule has 1 saturated carbocycles. The smallest absolute Gasteiger partial charge is 0.193 e. The Hall–Kier alpha value is -0.860. The molecule has 4 unspecified atom stereocenters. The Labute approximate surface area is 198 Å². The maximum Gasteiger partial charge on any atom is 0.193 e. The fraction of sp³-hybridized carbons (Fsp3) is 0.708. The van der Waals surface area contributed by atoms with Crippen LogP contribution >= 0.6 is 24.0 Å². The summed E-state index contributed by atoms with van der Waals surface area (Å²) in [5.41, 5.74) is 3.17. The van der Waals surface area contributed by atoms with Crippen LogP contribution in [0.25, 0.3) is 0 Å². The van der Waals surface area contributed by atoms with Gasteiger partial charge in [0.15, 0.2) is 5.96 Å². The molecule has 4 atom stereocenters. The minimum Gasteiger partial charge on any atom is -0.376 e. The third-order valence-corrected chi connectivity index (χ3v) is 7.44. The fourth-order valence-corrected chi connectivity index (χ4v) is 5.72. The molecule has 5 rings (SSSR count). The molecule has 2 aliphatic carbocycles. The van der Waals surface area contributed by atoms with E-state index in [0.29, 0.717) is 12.2 Å². The molecule has 3 fully saturated rings. The molecular weight excluding hydrogens is 489 g/mol. The van der Waals surface area contributed by atoms with Gasteiger partial charge in [-0.3, -0.25) is 4.99 Å². The summed E-state index contributed by atoms with van der Waals surface area (Å²) in [6, 6.07) is 9.00. The van der Waals surface area contributed by atoms with Gasteiger partial charge in [0.2, 0.25) is 0 Å². The first kappa shape index (κ1) is 22.3. The van der Waals surface area contributed by atoms with Gasteiger partial charge in [0.25, 0.3) is 0 Å². The van der Waals surface area contributed by atoms with E-state index >= 15 is 0 Å². The van der Waals surface area contributed by atoms with Gasteiger partial charge in [0, 0.05) is 33.3 Å². The minimum absolute atomic E-state index is 0. The Morgan fingerprint density at radius 1 is 1.20 bits per heavy atom. The van der Waals surface area contributed by atoms with Gasteiger partial charge >= 0.3 is 0 Å². The van der Waals surface area contributed by atoms with E-state index in [0.717, 1.165) is 75.8 Å². The summed E-state index contributed by atoms with van der Waals surface area (Å²) in [7, 11) is 1.91. The van der Waals surface area contributed by atoms with E-state index in [1.54, 1.807) is 11.1 Å². The van der Waals surface area contributed by atoms with Crippen molar-refractivity contribution in [1.82, 2.24) is 10.2 Å². The molecule has 6 heteroatoms. The monoisotopic (exact) mass is 525 g/mol. The van der Waals surface area contributed by atoms with Crippen molar-refractivity contribution >= 4 is 29.9 Å². The quantitative estimate of drug-likeness (QED) is 0.361. The molecule has 2 heterocycles. The van der Waals surface area contributed by atoms with E-state index in [-0.39, 0.29) is 24.0 Å². The van der Waals surface area contributed by atoms with Crippen LogP contribution in [0.15, 0.2) is 29.3 Å². The van der Waals surface area contributed by atoms with Crippen LogP contribution in [-0.2, 0) is 15.9 Å². The second kappa shape index (κ2) is 10.2. The number of guanidine groups is 1. The third-order valence-electron chi connectivity index (χ3n) is 7.44. The molecule has 2 saturated heterocycles. The van der Waals surface area contributed by atoms with Crippen LogP contribution in [0.1, 0.15) is 49.1 Å². The number of hydrogen-bond donors (Lipinski definition) is 1. The molecule has 5 nitrogen and oxygen atoms in total. The number of likely N-dealkylation sites (tertiary alicyclic amines) is 1. The van der Waals surface area contributed by atoms with Crippen molar-refractivity contribution in [3.63, 3.8) is 0 Å². The molecule has 0 aromatic heterocycles. The van der Waals surface area contributed by atoms with E-state index in [2.05, 4.69) is 39.5 Å². The predicted octanol–water partition coefficient (Wildman–Crippen LogP) is 3.82. The zero-order valence-electron chi connectivity index (χ0n) is 18.1. The molecule has 1 N–H and O–H groups in total. The molecule has 0 spiro atoms. The largest absolute Gasteiger partial charge is 0.376 e. The Morgan fingerprint density at radius 2 is 2.03 bits per heavy atom. The highest BCUT2D eigenvalue weighted by Crippen LogP contribution is 2.60. The van der Waals surface area contributed by atoms with Crippen LogP contribution in [0.2, 0.25) is 0 Å². The number of nitrogens with zero attached hydrogens (tertiary/aromatic N) is 2. The number of benzene rings is 1. The van der Waals surface area contributed by atoms with Crippen molar-refractivity contribution in [3.8, 4) is 0 Å². The van der Waals surface area contributed by atoms with Crippen LogP contribution in [0.5, 0.6) is 0 Å². The SMILES string of the molecule is CN=C(NCC1C2Cc3ccccc3C12)N1CCC(OCC2CCCCO2)CC1.I. The van der Waals surface area contributed by atoms with Crippen LogP contribution in [0.3, 0.4) is 0 Å². The topological polar surface area (TPSA) is 46.1 Å². The number of halogens is 1. The molecule has 0 bridgehead atoms. The van der Waals surface area contributed by atoms with Crippen LogP contribution in [0.4, 0.5) is 0 Å². The molecular formula is C24H36IN3O2. The Balaban J connectivity index is 0.00000218. The molecule has 1 aromatic rings. The summed E-state index contributed by atoms with van der Waals surface area (Å²) < 4.78 is 12.0. The maximum atomic E-state index is 6.16. The summed E-state index contributed by atoms with van der Waals surface area (Å²) in [5, 5.41) is 3.67. The average molecular weight is 525 g/mol. The van der Waals surface area contributed by atoms with Gasteiger partial charge in [-0.25, -0.2) is 0 Å². The number of rotatable bonds is 5. The summed E-state index contributed by atoms with van der Waals surface area (Å²) in [6.07, 6.45) is 7.75. The second-order valence-corrected chi connectivity index (χ2v) is 9.19. The predicted molar refractivity (Wildman–Crippen MR) is 131 cm³/mol. The van der Waals surface area contributed by atoms with Gasteiger partial charge in [0.1, 0.15) is 0 Å². The summed E-state index contributed by atoms with van der Waals surface area (Å²) in [6.45, 7) is 4.77. The van der Waals surface area contributed by atoms with Crippen LogP contribution in [0, 0.1) is 11.8 Å². The highest BCUT2D eigenvalue weighted by molar-refractivity contribution is 14.0. The van der Waals surface area contributed by atoms with Crippen LogP contribution < -0.4 is 5.32 Å². The van der Waals surface area contributed by atoms with E-state index in [9.17, 15) is 0 Å². The molecule has 1 aromatic carbocycles. The van der Waals surface area contributed by atoms with Crippen molar-refractivity contribution in [2.24, 2.45) is 16.8 Å². The molecule has 0 radical (unpaired) electrons. The summed E-state index contributed by atoms with van der Waals surface area (Å²) >= 11 is 0. The van der Waals surface area contributed by atoms with Gasteiger partial charge < -0.3 is 19.7 Å². The van der Waals surface area contributed by atoms with E-state index in [1.165, 1.54) is 19.3 Å². The number of piperidine rings is 1. The van der Waals surface area contributed by atoms with Gasteiger partial charge in [-0.05, 0) is 67.4 Å². The lowest BCUT2D eigenvalue weighted by Gasteiger charge is -2.35. The lowest BCUT2D eigenvalue weighted by atomic mass is 10.0. The lowest BCUT2D eigenvalue weighted by molar-refractivity contribution is -0.0721. The third kappa shape index (κ3) is 4.80.